The number of aromatic carboxylic acids is 1. The summed E-state index contributed by atoms with van der Waals surface area (Å²) in [5.74, 6) is -1.65. The van der Waals surface area contributed by atoms with Gasteiger partial charge in [-0.3, -0.25) is 0 Å². The lowest BCUT2D eigenvalue weighted by molar-refractivity contribution is 0.0692. The highest BCUT2D eigenvalue weighted by Gasteiger charge is 2.26. The highest BCUT2D eigenvalue weighted by atomic mass is 32.2. The van der Waals surface area contributed by atoms with Gasteiger partial charge in [-0.15, -0.1) is 0 Å². The third-order valence-corrected chi connectivity index (χ3v) is 7.64. The number of nitrogens with one attached hydrogen (secondary N) is 1. The Balaban J connectivity index is 1.89. The van der Waals surface area contributed by atoms with E-state index in [0.29, 0.717) is 23.4 Å². The Labute approximate surface area is 206 Å². The molecule has 0 bridgehead atoms. The fourth-order valence-corrected chi connectivity index (χ4v) is 5.63. The third kappa shape index (κ3) is 6.23. The van der Waals surface area contributed by atoms with Gasteiger partial charge in [0.15, 0.2) is 9.84 Å². The van der Waals surface area contributed by atoms with Crippen molar-refractivity contribution in [2.24, 2.45) is 0 Å². The zero-order chi connectivity index (χ0) is 25.4. The predicted octanol–water partition coefficient (Wildman–Crippen LogP) is 4.77. The highest BCUT2D eigenvalue weighted by Crippen LogP contribution is 2.37. The largest absolute Gasteiger partial charge is 0.495 e. The van der Waals surface area contributed by atoms with Gasteiger partial charge in [0.05, 0.1) is 36.0 Å². The Hall–Kier alpha value is -3.30. The van der Waals surface area contributed by atoms with E-state index in [1.165, 1.54) is 25.7 Å². The van der Waals surface area contributed by atoms with Crippen LogP contribution in [0.4, 0.5) is 5.69 Å². The predicted molar refractivity (Wildman–Crippen MR) is 136 cm³/mol. The molecular weight excluding hydrogens is 468 g/mol. The molecule has 0 aliphatic carbocycles. The van der Waals surface area contributed by atoms with E-state index in [-0.39, 0.29) is 21.8 Å². The minimum atomic E-state index is -3.86. The van der Waals surface area contributed by atoms with Crippen molar-refractivity contribution in [1.29, 1.82) is 0 Å². The van der Waals surface area contributed by atoms with Crippen LogP contribution in [-0.2, 0) is 15.6 Å². The van der Waals surface area contributed by atoms with Crippen molar-refractivity contribution in [3.8, 4) is 16.9 Å². The van der Waals surface area contributed by atoms with Crippen LogP contribution < -0.4 is 10.1 Å². The quantitative estimate of drug-likeness (QED) is 0.323. The van der Waals surface area contributed by atoms with Crippen LogP contribution in [0.15, 0.2) is 64.3 Å². The molecule has 0 saturated carbocycles. The lowest BCUT2D eigenvalue weighted by Crippen LogP contribution is -2.25. The topological polar surface area (TPSA) is 109 Å². The van der Waals surface area contributed by atoms with E-state index < -0.39 is 21.6 Å². The van der Waals surface area contributed by atoms with Crippen molar-refractivity contribution in [2.75, 3.05) is 38.6 Å². The summed E-state index contributed by atoms with van der Waals surface area (Å²) in [6.07, 6.45) is 3.81. The molecule has 0 radical (unpaired) electrons. The molecule has 1 heterocycles. The summed E-state index contributed by atoms with van der Waals surface area (Å²) in [7, 11) is -2.50. The van der Waals surface area contributed by atoms with Gasteiger partial charge >= 0.3 is 5.97 Å². The maximum atomic E-state index is 13.4. The second kappa shape index (κ2) is 11.9. The van der Waals surface area contributed by atoms with Gasteiger partial charge in [-0.1, -0.05) is 38.1 Å². The van der Waals surface area contributed by atoms with Crippen LogP contribution in [0, 0.1) is 0 Å². The highest BCUT2D eigenvalue weighted by molar-refractivity contribution is 7.90. The van der Waals surface area contributed by atoms with E-state index in [1.54, 1.807) is 36.4 Å². The molecule has 188 valence electrons. The number of furan rings is 1. The smallest absolute Gasteiger partial charge is 0.339 e. The van der Waals surface area contributed by atoms with Crippen LogP contribution >= 0.6 is 0 Å². The number of sulfone groups is 1. The number of para-hydroxylation sites is 1. The minimum Gasteiger partial charge on any atom is -0.495 e. The number of hydrogen-bond acceptors (Lipinski definition) is 7. The zero-order valence-electron chi connectivity index (χ0n) is 20.3. The average Bonchev–Trinajstić information content (AvgIpc) is 3.38. The molecule has 3 rings (SSSR count). The first-order valence-corrected chi connectivity index (χ1v) is 13.2. The summed E-state index contributed by atoms with van der Waals surface area (Å²) in [6.45, 7) is 7.70. The first kappa shape index (κ1) is 26.3. The summed E-state index contributed by atoms with van der Waals surface area (Å²) in [6, 6.07) is 11.6. The van der Waals surface area contributed by atoms with Gasteiger partial charge in [0, 0.05) is 17.7 Å². The van der Waals surface area contributed by atoms with Crippen LogP contribution in [0.2, 0.25) is 0 Å². The SMILES string of the molecule is CCN(CC)CCCNc1ccccc1S(=O)(=O)Cc1ccc(-c2ccoc2)c(OC)c1C(=O)O. The van der Waals surface area contributed by atoms with E-state index in [1.807, 2.05) is 0 Å². The molecule has 3 aromatic rings. The number of rotatable bonds is 13. The van der Waals surface area contributed by atoms with Gasteiger partial charge in [-0.2, -0.15) is 0 Å². The fraction of sp³-hybridized carbons (Fsp3) is 0.346. The van der Waals surface area contributed by atoms with Crippen LogP contribution in [0.1, 0.15) is 36.2 Å². The number of benzene rings is 2. The molecule has 35 heavy (non-hydrogen) atoms. The van der Waals surface area contributed by atoms with E-state index in [4.69, 9.17) is 9.15 Å². The molecule has 0 amide bonds. The molecule has 9 heteroatoms. The van der Waals surface area contributed by atoms with Gasteiger partial charge in [-0.25, -0.2) is 13.2 Å². The molecule has 0 unspecified atom stereocenters. The average molecular weight is 501 g/mol. The number of methoxy groups -OCH3 is 1. The molecule has 0 aliphatic rings. The van der Waals surface area contributed by atoms with Crippen molar-refractivity contribution >= 4 is 21.5 Å². The van der Waals surface area contributed by atoms with Crippen molar-refractivity contribution in [1.82, 2.24) is 4.90 Å². The van der Waals surface area contributed by atoms with E-state index in [2.05, 4.69) is 24.1 Å². The van der Waals surface area contributed by atoms with E-state index in [9.17, 15) is 18.3 Å². The Morgan fingerprint density at radius 1 is 1.11 bits per heavy atom. The van der Waals surface area contributed by atoms with Gasteiger partial charge in [0.25, 0.3) is 0 Å². The molecule has 0 saturated heterocycles. The van der Waals surface area contributed by atoms with Crippen molar-refractivity contribution in [3.05, 3.63) is 66.1 Å². The third-order valence-electron chi connectivity index (χ3n) is 5.92. The van der Waals surface area contributed by atoms with Crippen LogP contribution in [0.3, 0.4) is 0 Å². The van der Waals surface area contributed by atoms with Crippen LogP contribution in [0.5, 0.6) is 5.75 Å². The maximum Gasteiger partial charge on any atom is 0.339 e. The summed E-state index contributed by atoms with van der Waals surface area (Å²) < 4.78 is 37.4. The summed E-state index contributed by atoms with van der Waals surface area (Å²) in [4.78, 5) is 14.6. The summed E-state index contributed by atoms with van der Waals surface area (Å²) >= 11 is 0. The molecule has 0 aliphatic heterocycles. The second-order valence-electron chi connectivity index (χ2n) is 8.06. The van der Waals surface area contributed by atoms with Crippen molar-refractivity contribution in [3.63, 3.8) is 0 Å². The van der Waals surface area contributed by atoms with E-state index in [0.717, 1.165) is 26.1 Å². The minimum absolute atomic E-state index is 0.0920. The Morgan fingerprint density at radius 3 is 2.49 bits per heavy atom. The summed E-state index contributed by atoms with van der Waals surface area (Å²) in [5, 5.41) is 13.2. The van der Waals surface area contributed by atoms with E-state index >= 15 is 0 Å². The fourth-order valence-electron chi connectivity index (χ4n) is 4.07. The molecule has 0 atom stereocenters. The molecule has 1 aromatic heterocycles. The summed E-state index contributed by atoms with van der Waals surface area (Å²) in [5.41, 5.74) is 1.62. The zero-order valence-corrected chi connectivity index (χ0v) is 21.1. The van der Waals surface area contributed by atoms with Crippen LogP contribution in [0.25, 0.3) is 11.1 Å². The normalized spacial score (nSPS) is 11.5. The van der Waals surface area contributed by atoms with Gasteiger partial charge in [-0.05, 0) is 49.8 Å². The monoisotopic (exact) mass is 500 g/mol. The maximum absolute atomic E-state index is 13.4. The molecule has 2 N–H and O–H groups in total. The number of carboxylic acids is 1. The number of carboxylic acid groups (broad SMARTS) is 1. The number of ether oxygens (including phenoxy) is 1. The number of carbonyl (C=O) groups is 1. The lowest BCUT2D eigenvalue weighted by atomic mass is 9.99. The molecule has 0 fully saturated rings. The number of nitrogens with zero attached hydrogens (tertiary/aromatic N) is 1. The Morgan fingerprint density at radius 2 is 1.86 bits per heavy atom. The molecular formula is C26H32N2O6S. The molecule has 8 nitrogen and oxygen atoms in total. The number of hydrogen-bond donors (Lipinski definition) is 2. The van der Waals surface area contributed by atoms with Gasteiger partial charge < -0.3 is 24.5 Å². The Bertz CT molecular complexity index is 1230. The van der Waals surface area contributed by atoms with Crippen LogP contribution in [-0.4, -0.2) is 57.7 Å². The first-order chi connectivity index (χ1) is 16.8. The Kier molecular flexibility index (Phi) is 8.95. The molecule has 2 aromatic carbocycles. The number of anilines is 1. The van der Waals surface area contributed by atoms with Crippen molar-refractivity contribution in [2.45, 2.75) is 30.9 Å². The lowest BCUT2D eigenvalue weighted by Gasteiger charge is -2.19. The first-order valence-electron chi connectivity index (χ1n) is 11.6. The standard InChI is InChI=1S/C26H32N2O6S/c1-4-28(5-2)15-8-14-27-22-9-6-7-10-23(22)35(31,32)18-20-11-12-21(19-13-16-34-17-19)25(33-3)24(20)26(29)30/h6-7,9-13,16-17,27H,4-5,8,14-15,18H2,1-3H3,(H,29,30). The van der Waals surface area contributed by atoms with Gasteiger partial charge in [0.1, 0.15) is 11.3 Å². The van der Waals surface area contributed by atoms with Crippen molar-refractivity contribution < 1.29 is 27.5 Å². The second-order valence-corrected chi connectivity index (χ2v) is 10.0. The van der Waals surface area contributed by atoms with Gasteiger partial charge in [0.2, 0.25) is 0 Å². The molecule has 0 spiro atoms.